The Balaban J connectivity index is 1.66. The number of piperidine rings is 1. The number of hydrogen-bond donors (Lipinski definition) is 1. The van der Waals surface area contributed by atoms with E-state index in [0.29, 0.717) is 18.2 Å². The summed E-state index contributed by atoms with van der Waals surface area (Å²) in [5.41, 5.74) is 1.20. The van der Waals surface area contributed by atoms with Crippen LogP contribution in [-0.2, 0) is 4.74 Å². The maximum atomic E-state index is 11.8. The molecular weight excluding hydrogens is 300 g/mol. The largest absolute Gasteiger partial charge is 0.461 e. The van der Waals surface area contributed by atoms with E-state index in [0.717, 1.165) is 42.6 Å². The van der Waals surface area contributed by atoms with Crippen molar-refractivity contribution < 1.29 is 9.53 Å². The highest BCUT2D eigenvalue weighted by Crippen LogP contribution is 2.30. The highest BCUT2D eigenvalue weighted by Gasteiger charge is 2.26. The highest BCUT2D eigenvalue weighted by molar-refractivity contribution is 7.13. The van der Waals surface area contributed by atoms with Gasteiger partial charge in [-0.1, -0.05) is 0 Å². The SMILES string of the molecule is CCOC(=O)c1nc(C2CCN(c3nccs3)CC2)[nH]c1C. The highest BCUT2D eigenvalue weighted by atomic mass is 32.1. The van der Waals surface area contributed by atoms with E-state index in [1.54, 1.807) is 18.3 Å². The van der Waals surface area contributed by atoms with Gasteiger partial charge < -0.3 is 14.6 Å². The molecule has 1 aliphatic rings. The van der Waals surface area contributed by atoms with E-state index in [4.69, 9.17) is 4.74 Å². The number of aromatic nitrogens is 3. The van der Waals surface area contributed by atoms with Gasteiger partial charge in [0.2, 0.25) is 0 Å². The second kappa shape index (κ2) is 6.48. The first-order valence-electron chi connectivity index (χ1n) is 7.57. The summed E-state index contributed by atoms with van der Waals surface area (Å²) in [6.45, 7) is 5.97. The van der Waals surface area contributed by atoms with Crippen molar-refractivity contribution in [3.05, 3.63) is 28.8 Å². The Morgan fingerprint density at radius 1 is 1.50 bits per heavy atom. The van der Waals surface area contributed by atoms with E-state index < -0.39 is 0 Å². The molecule has 1 N–H and O–H groups in total. The fourth-order valence-corrected chi connectivity index (χ4v) is 3.49. The lowest BCUT2D eigenvalue weighted by Gasteiger charge is -2.30. The predicted molar refractivity (Wildman–Crippen MR) is 85.6 cm³/mol. The Kier molecular flexibility index (Phi) is 4.42. The smallest absolute Gasteiger partial charge is 0.358 e. The van der Waals surface area contributed by atoms with Crippen LogP contribution in [0.2, 0.25) is 0 Å². The van der Waals surface area contributed by atoms with Crippen molar-refractivity contribution in [1.82, 2.24) is 15.0 Å². The lowest BCUT2D eigenvalue weighted by molar-refractivity contribution is 0.0519. The minimum absolute atomic E-state index is 0.345. The van der Waals surface area contributed by atoms with Crippen molar-refractivity contribution >= 4 is 22.4 Å². The molecule has 1 saturated heterocycles. The normalized spacial score (nSPS) is 16.0. The zero-order valence-electron chi connectivity index (χ0n) is 12.8. The number of carbonyl (C=O) groups excluding carboxylic acids is 1. The minimum Gasteiger partial charge on any atom is -0.461 e. The molecule has 0 atom stereocenters. The summed E-state index contributed by atoms with van der Waals surface area (Å²) in [5, 5.41) is 3.09. The Hall–Kier alpha value is -1.89. The third kappa shape index (κ3) is 2.99. The monoisotopic (exact) mass is 320 g/mol. The predicted octanol–water partition coefficient (Wildman–Crippen LogP) is 2.74. The van der Waals surface area contributed by atoms with Crippen molar-refractivity contribution in [2.75, 3.05) is 24.6 Å². The molecule has 0 saturated carbocycles. The number of H-pyrrole nitrogens is 1. The number of nitrogens with zero attached hydrogens (tertiary/aromatic N) is 3. The number of thiazole rings is 1. The molecule has 7 heteroatoms. The van der Waals surface area contributed by atoms with Crippen LogP contribution >= 0.6 is 11.3 Å². The second-order valence-corrected chi connectivity index (χ2v) is 6.27. The minimum atomic E-state index is -0.345. The van der Waals surface area contributed by atoms with Gasteiger partial charge in [-0.2, -0.15) is 0 Å². The number of hydrogen-bond acceptors (Lipinski definition) is 6. The molecule has 2 aromatic rings. The summed E-state index contributed by atoms with van der Waals surface area (Å²) >= 11 is 1.67. The number of rotatable bonds is 4. The number of ether oxygens (including phenoxy) is 1. The van der Waals surface area contributed by atoms with E-state index >= 15 is 0 Å². The van der Waals surface area contributed by atoms with Crippen LogP contribution in [0.3, 0.4) is 0 Å². The Morgan fingerprint density at radius 3 is 2.91 bits per heavy atom. The Morgan fingerprint density at radius 2 is 2.27 bits per heavy atom. The van der Waals surface area contributed by atoms with Crippen LogP contribution in [0.25, 0.3) is 0 Å². The number of aryl methyl sites for hydroxylation is 1. The topological polar surface area (TPSA) is 71.1 Å². The molecule has 0 bridgehead atoms. The molecule has 1 fully saturated rings. The molecule has 0 radical (unpaired) electrons. The molecule has 1 aliphatic heterocycles. The van der Waals surface area contributed by atoms with Gasteiger partial charge in [0.05, 0.1) is 6.61 Å². The molecule has 3 heterocycles. The number of aromatic amines is 1. The first-order valence-corrected chi connectivity index (χ1v) is 8.45. The van der Waals surface area contributed by atoms with Gasteiger partial charge in [-0.05, 0) is 26.7 Å². The summed E-state index contributed by atoms with van der Waals surface area (Å²) in [6.07, 6.45) is 3.86. The average molecular weight is 320 g/mol. The molecule has 0 unspecified atom stereocenters. The number of nitrogens with one attached hydrogen (secondary N) is 1. The molecule has 3 rings (SSSR count). The molecule has 0 spiro atoms. The molecular formula is C15H20N4O2S. The standard InChI is InChI=1S/C15H20N4O2S/c1-3-21-14(20)12-10(2)17-13(18-12)11-4-7-19(8-5-11)15-16-6-9-22-15/h6,9,11H,3-5,7-8H2,1-2H3,(H,17,18). The molecule has 0 aliphatic carbocycles. The first kappa shape index (κ1) is 15.0. The van der Waals surface area contributed by atoms with Crippen LogP contribution in [0.5, 0.6) is 0 Å². The molecule has 0 aromatic carbocycles. The average Bonchev–Trinajstić information content (AvgIpc) is 3.17. The summed E-state index contributed by atoms with van der Waals surface area (Å²) in [6, 6.07) is 0. The quantitative estimate of drug-likeness (QED) is 0.877. The zero-order chi connectivity index (χ0) is 15.5. The van der Waals surface area contributed by atoms with Gasteiger partial charge in [0.1, 0.15) is 5.82 Å². The lowest BCUT2D eigenvalue weighted by atomic mass is 9.96. The van der Waals surface area contributed by atoms with E-state index in [9.17, 15) is 4.79 Å². The molecule has 118 valence electrons. The summed E-state index contributed by atoms with van der Waals surface area (Å²) in [4.78, 5) is 26.3. The van der Waals surface area contributed by atoms with Crippen LogP contribution in [0.4, 0.5) is 5.13 Å². The van der Waals surface area contributed by atoms with Crippen LogP contribution in [-0.4, -0.2) is 40.6 Å². The van der Waals surface area contributed by atoms with E-state index in [-0.39, 0.29) is 5.97 Å². The fraction of sp³-hybridized carbons (Fsp3) is 0.533. The fourth-order valence-electron chi connectivity index (χ4n) is 2.79. The van der Waals surface area contributed by atoms with Crippen LogP contribution in [0, 0.1) is 6.92 Å². The van der Waals surface area contributed by atoms with Crippen LogP contribution in [0.1, 0.15) is 47.7 Å². The van der Waals surface area contributed by atoms with Gasteiger partial charge in [0, 0.05) is 36.3 Å². The van der Waals surface area contributed by atoms with E-state index in [1.807, 2.05) is 18.5 Å². The maximum Gasteiger partial charge on any atom is 0.358 e. The van der Waals surface area contributed by atoms with E-state index in [2.05, 4.69) is 19.9 Å². The maximum absolute atomic E-state index is 11.8. The van der Waals surface area contributed by atoms with Crippen molar-refractivity contribution in [2.24, 2.45) is 0 Å². The Bertz CT molecular complexity index is 630. The number of anilines is 1. The number of esters is 1. The van der Waals surface area contributed by atoms with Gasteiger partial charge in [0.15, 0.2) is 10.8 Å². The van der Waals surface area contributed by atoms with Gasteiger partial charge in [-0.3, -0.25) is 0 Å². The molecule has 2 aromatic heterocycles. The lowest BCUT2D eigenvalue weighted by Crippen LogP contribution is -2.33. The van der Waals surface area contributed by atoms with Crippen LogP contribution < -0.4 is 4.90 Å². The number of imidazole rings is 1. The first-order chi connectivity index (χ1) is 10.7. The second-order valence-electron chi connectivity index (χ2n) is 5.39. The third-order valence-corrected chi connectivity index (χ3v) is 4.78. The van der Waals surface area contributed by atoms with Crippen molar-refractivity contribution in [3.8, 4) is 0 Å². The van der Waals surface area contributed by atoms with Crippen molar-refractivity contribution in [2.45, 2.75) is 32.6 Å². The van der Waals surface area contributed by atoms with Crippen LogP contribution in [0.15, 0.2) is 11.6 Å². The molecule has 22 heavy (non-hydrogen) atoms. The summed E-state index contributed by atoms with van der Waals surface area (Å²) in [7, 11) is 0. The molecule has 0 amide bonds. The number of carbonyl (C=O) groups is 1. The summed E-state index contributed by atoms with van der Waals surface area (Å²) < 4.78 is 5.04. The zero-order valence-corrected chi connectivity index (χ0v) is 13.7. The third-order valence-electron chi connectivity index (χ3n) is 3.94. The summed E-state index contributed by atoms with van der Waals surface area (Å²) in [5.74, 6) is 0.917. The van der Waals surface area contributed by atoms with Crippen molar-refractivity contribution in [1.29, 1.82) is 0 Å². The van der Waals surface area contributed by atoms with Gasteiger partial charge in [-0.15, -0.1) is 11.3 Å². The van der Waals surface area contributed by atoms with Gasteiger partial charge in [0.25, 0.3) is 0 Å². The molecule has 6 nitrogen and oxygen atoms in total. The van der Waals surface area contributed by atoms with Gasteiger partial charge in [-0.25, -0.2) is 14.8 Å². The van der Waals surface area contributed by atoms with E-state index in [1.165, 1.54) is 0 Å². The van der Waals surface area contributed by atoms with Gasteiger partial charge >= 0.3 is 5.97 Å². The Labute approximate surface area is 133 Å². The van der Waals surface area contributed by atoms with Crippen molar-refractivity contribution in [3.63, 3.8) is 0 Å².